The maximum atomic E-state index is 13.1. The minimum Gasteiger partial charge on any atom is -0.466 e. The van der Waals surface area contributed by atoms with E-state index in [1.165, 1.54) is 25.3 Å². The molecule has 1 atom stereocenters. The first-order chi connectivity index (χ1) is 13.5. The molecule has 156 valence electrons. The molecule has 2 rings (SSSR count). The summed E-state index contributed by atoms with van der Waals surface area (Å²) < 4.78 is 10.5. The van der Waals surface area contributed by atoms with Gasteiger partial charge in [0.05, 0.1) is 35.0 Å². The number of dihydropyridines is 1. The molecular weight excluding hydrogens is 400 g/mol. The van der Waals surface area contributed by atoms with Crippen LogP contribution in [0.1, 0.15) is 39.2 Å². The Bertz CT molecular complexity index is 919. The van der Waals surface area contributed by atoms with Crippen molar-refractivity contribution in [2.24, 2.45) is 0 Å². The zero-order valence-corrected chi connectivity index (χ0v) is 17.6. The molecule has 0 radical (unpaired) electrons. The van der Waals surface area contributed by atoms with E-state index in [9.17, 15) is 19.7 Å². The number of benzene rings is 1. The van der Waals surface area contributed by atoms with E-state index in [1.807, 2.05) is 0 Å². The van der Waals surface area contributed by atoms with Gasteiger partial charge < -0.3 is 14.8 Å². The molecule has 0 aliphatic carbocycles. The van der Waals surface area contributed by atoms with E-state index in [0.717, 1.165) is 0 Å². The van der Waals surface area contributed by atoms with Crippen molar-refractivity contribution in [3.63, 3.8) is 0 Å². The molecular formula is C20H23ClN2O6. The van der Waals surface area contributed by atoms with E-state index in [-0.39, 0.29) is 22.7 Å². The number of methoxy groups -OCH3 is 1. The van der Waals surface area contributed by atoms with Gasteiger partial charge in [0.25, 0.3) is 5.69 Å². The van der Waals surface area contributed by atoms with Gasteiger partial charge in [-0.2, -0.15) is 0 Å². The Morgan fingerprint density at radius 2 is 1.79 bits per heavy atom. The Kier molecular flexibility index (Phi) is 6.69. The topological polar surface area (TPSA) is 108 Å². The second-order valence-electron chi connectivity index (χ2n) is 7.26. The molecule has 9 heteroatoms. The number of alkyl halides is 1. The highest BCUT2D eigenvalue weighted by Gasteiger charge is 2.39. The lowest BCUT2D eigenvalue weighted by atomic mass is 9.80. The van der Waals surface area contributed by atoms with E-state index < -0.39 is 28.4 Å². The molecule has 0 spiro atoms. The summed E-state index contributed by atoms with van der Waals surface area (Å²) in [6.45, 7) is 6.67. The van der Waals surface area contributed by atoms with Crippen LogP contribution < -0.4 is 5.32 Å². The van der Waals surface area contributed by atoms with Crippen molar-refractivity contribution in [2.45, 2.75) is 39.2 Å². The van der Waals surface area contributed by atoms with Gasteiger partial charge in [-0.05, 0) is 33.3 Å². The van der Waals surface area contributed by atoms with E-state index >= 15 is 0 Å². The Hall–Kier alpha value is -2.87. The van der Waals surface area contributed by atoms with Crippen LogP contribution in [0.5, 0.6) is 0 Å². The third kappa shape index (κ3) is 4.76. The van der Waals surface area contributed by atoms with Gasteiger partial charge in [0.2, 0.25) is 0 Å². The predicted octanol–water partition coefficient (Wildman–Crippen LogP) is 3.56. The van der Waals surface area contributed by atoms with Crippen LogP contribution in [-0.4, -0.2) is 35.5 Å². The third-order valence-electron chi connectivity index (χ3n) is 4.49. The molecule has 1 aromatic rings. The third-order valence-corrected chi connectivity index (χ3v) is 5.13. The van der Waals surface area contributed by atoms with Crippen LogP contribution in [-0.2, 0) is 19.1 Å². The number of carbonyl (C=O) groups excluding carboxylic acids is 2. The number of nitrogens with zero attached hydrogens (tertiary/aromatic N) is 1. The molecule has 0 fully saturated rings. The Morgan fingerprint density at radius 1 is 1.21 bits per heavy atom. The summed E-state index contributed by atoms with van der Waals surface area (Å²) in [4.78, 5) is 36.3. The maximum absolute atomic E-state index is 13.1. The molecule has 1 unspecified atom stereocenters. The fraction of sp³-hybridized carbons (Fsp3) is 0.400. The summed E-state index contributed by atoms with van der Waals surface area (Å²) in [6, 6.07) is 5.79. The largest absolute Gasteiger partial charge is 0.466 e. The van der Waals surface area contributed by atoms with Crippen LogP contribution in [0.2, 0.25) is 0 Å². The lowest BCUT2D eigenvalue weighted by molar-refractivity contribution is -0.384. The van der Waals surface area contributed by atoms with Gasteiger partial charge >= 0.3 is 11.9 Å². The van der Waals surface area contributed by atoms with Crippen molar-refractivity contribution in [2.75, 3.05) is 13.0 Å². The summed E-state index contributed by atoms with van der Waals surface area (Å²) in [5.74, 6) is -2.16. The number of allylic oxidation sites excluding steroid dienone is 2. The number of rotatable bonds is 6. The van der Waals surface area contributed by atoms with Crippen molar-refractivity contribution >= 4 is 29.2 Å². The van der Waals surface area contributed by atoms with E-state index in [0.29, 0.717) is 17.0 Å². The van der Waals surface area contributed by atoms with Crippen molar-refractivity contribution in [3.8, 4) is 0 Å². The summed E-state index contributed by atoms with van der Waals surface area (Å²) in [5, 5.41) is 14.3. The first kappa shape index (κ1) is 22.4. The Morgan fingerprint density at radius 3 is 2.31 bits per heavy atom. The number of carbonyl (C=O) groups is 2. The van der Waals surface area contributed by atoms with Crippen LogP contribution >= 0.6 is 11.6 Å². The zero-order valence-electron chi connectivity index (χ0n) is 16.9. The highest BCUT2D eigenvalue weighted by Crippen LogP contribution is 2.40. The fourth-order valence-corrected chi connectivity index (χ4v) is 3.18. The zero-order chi connectivity index (χ0) is 21.9. The highest BCUT2D eigenvalue weighted by molar-refractivity contribution is 6.18. The Balaban J connectivity index is 2.68. The SMILES string of the molecule is COC(=O)C1=C(C)NC(C)=C(C(=O)OC(C)(C)CCl)C1c1cccc([N+](=O)[O-])c1. The minimum absolute atomic E-state index is 0.0682. The number of non-ortho nitro benzene ring substituents is 1. The molecule has 0 aromatic heterocycles. The standard InChI is InChI=1S/C20H23ClN2O6/c1-11-15(18(24)28-5)17(13-7-6-8-14(9-13)23(26)27)16(12(2)22-11)19(25)29-20(3,4)10-21/h6-9,17,22H,10H2,1-5H3. The summed E-state index contributed by atoms with van der Waals surface area (Å²) >= 11 is 5.88. The number of hydrogen-bond donors (Lipinski definition) is 1. The number of esters is 2. The molecule has 1 aromatic carbocycles. The van der Waals surface area contributed by atoms with Gasteiger partial charge in [0.1, 0.15) is 5.60 Å². The number of nitrogens with one attached hydrogen (secondary N) is 1. The summed E-state index contributed by atoms with van der Waals surface area (Å²) in [7, 11) is 1.23. The predicted molar refractivity (Wildman–Crippen MR) is 107 cm³/mol. The van der Waals surface area contributed by atoms with Gasteiger partial charge in [-0.1, -0.05) is 12.1 Å². The normalized spacial score (nSPS) is 17.0. The number of nitro benzene ring substituents is 1. The molecule has 1 heterocycles. The fourth-order valence-electron chi connectivity index (χ4n) is 3.13. The van der Waals surface area contributed by atoms with Crippen LogP contribution in [0, 0.1) is 10.1 Å². The van der Waals surface area contributed by atoms with Gasteiger partial charge in [-0.25, -0.2) is 9.59 Å². The molecule has 0 saturated carbocycles. The van der Waals surface area contributed by atoms with Crippen LogP contribution in [0.4, 0.5) is 5.69 Å². The molecule has 0 saturated heterocycles. The van der Waals surface area contributed by atoms with Crippen molar-refractivity contribution in [1.29, 1.82) is 0 Å². The molecule has 1 aliphatic rings. The number of nitro groups is 1. The number of halogens is 1. The number of ether oxygens (including phenoxy) is 2. The Labute approximate surface area is 173 Å². The lowest BCUT2D eigenvalue weighted by Gasteiger charge is -2.32. The van der Waals surface area contributed by atoms with Crippen LogP contribution in [0.25, 0.3) is 0 Å². The molecule has 1 N–H and O–H groups in total. The molecule has 0 bridgehead atoms. The van der Waals surface area contributed by atoms with E-state index in [4.69, 9.17) is 21.1 Å². The smallest absolute Gasteiger partial charge is 0.337 e. The first-order valence-corrected chi connectivity index (χ1v) is 9.36. The van der Waals surface area contributed by atoms with Gasteiger partial charge in [0, 0.05) is 23.5 Å². The average molecular weight is 423 g/mol. The van der Waals surface area contributed by atoms with E-state index in [2.05, 4.69) is 5.32 Å². The summed E-state index contributed by atoms with van der Waals surface area (Å²) in [6.07, 6.45) is 0. The lowest BCUT2D eigenvalue weighted by Crippen LogP contribution is -2.36. The monoisotopic (exact) mass is 422 g/mol. The second-order valence-corrected chi connectivity index (χ2v) is 7.53. The van der Waals surface area contributed by atoms with Gasteiger partial charge in [0.15, 0.2) is 0 Å². The minimum atomic E-state index is -0.944. The quantitative estimate of drug-likeness (QED) is 0.323. The average Bonchev–Trinajstić information content (AvgIpc) is 2.66. The molecule has 1 aliphatic heterocycles. The van der Waals surface area contributed by atoms with Crippen molar-refractivity contribution < 1.29 is 24.0 Å². The van der Waals surface area contributed by atoms with E-state index in [1.54, 1.807) is 33.8 Å². The van der Waals surface area contributed by atoms with Gasteiger partial charge in [-0.3, -0.25) is 10.1 Å². The van der Waals surface area contributed by atoms with Crippen molar-refractivity contribution in [3.05, 3.63) is 62.5 Å². The molecule has 8 nitrogen and oxygen atoms in total. The maximum Gasteiger partial charge on any atom is 0.337 e. The van der Waals surface area contributed by atoms with Crippen molar-refractivity contribution in [1.82, 2.24) is 5.32 Å². The number of hydrogen-bond acceptors (Lipinski definition) is 7. The molecule has 0 amide bonds. The van der Waals surface area contributed by atoms with Crippen LogP contribution in [0.3, 0.4) is 0 Å². The first-order valence-electron chi connectivity index (χ1n) is 8.83. The summed E-state index contributed by atoms with van der Waals surface area (Å²) in [5.41, 5.74) is 0.593. The molecule has 29 heavy (non-hydrogen) atoms. The highest BCUT2D eigenvalue weighted by atomic mass is 35.5. The van der Waals surface area contributed by atoms with Gasteiger partial charge in [-0.15, -0.1) is 11.6 Å². The second kappa shape index (κ2) is 8.65. The van der Waals surface area contributed by atoms with Crippen LogP contribution in [0.15, 0.2) is 46.8 Å².